The molecule has 2 aliphatic rings. The van der Waals surface area contributed by atoms with Crippen LogP contribution in [-0.2, 0) is 10.3 Å². The third-order valence-electron chi connectivity index (χ3n) is 5.11. The number of hydrogen-bond donors (Lipinski definition) is 1. The van der Waals surface area contributed by atoms with Crippen LogP contribution in [0.25, 0.3) is 0 Å². The lowest BCUT2D eigenvalue weighted by Gasteiger charge is -2.42. The molecule has 0 spiro atoms. The number of aromatic nitrogens is 1. The van der Waals surface area contributed by atoms with E-state index in [1.807, 2.05) is 12.3 Å². The Morgan fingerprint density at radius 1 is 1.35 bits per heavy atom. The first-order valence-electron chi connectivity index (χ1n) is 8.11. The van der Waals surface area contributed by atoms with Crippen LogP contribution in [0.1, 0.15) is 55.6 Å². The van der Waals surface area contributed by atoms with Gasteiger partial charge in [0.1, 0.15) is 5.01 Å². The van der Waals surface area contributed by atoms with Crippen molar-refractivity contribution in [2.75, 3.05) is 0 Å². The summed E-state index contributed by atoms with van der Waals surface area (Å²) in [5.74, 6) is -2.10. The van der Waals surface area contributed by atoms with Gasteiger partial charge in [0.05, 0.1) is 11.5 Å². The van der Waals surface area contributed by atoms with E-state index < -0.39 is 23.6 Å². The van der Waals surface area contributed by atoms with Crippen molar-refractivity contribution < 1.29 is 18.0 Å². The molecule has 1 aromatic heterocycles. The number of carbonyl (C=O) groups excluding carboxylic acids is 1. The minimum absolute atomic E-state index is 0.0810. The maximum atomic E-state index is 12.9. The molecule has 0 radical (unpaired) electrons. The summed E-state index contributed by atoms with van der Waals surface area (Å²) in [6, 6.07) is 0. The van der Waals surface area contributed by atoms with Crippen molar-refractivity contribution in [3.63, 3.8) is 0 Å². The summed E-state index contributed by atoms with van der Waals surface area (Å²) in [4.78, 5) is 17.0. The van der Waals surface area contributed by atoms with Gasteiger partial charge in [-0.15, -0.1) is 11.3 Å². The fraction of sp³-hybridized carbons (Fsp3) is 0.750. The second-order valence-corrected chi connectivity index (χ2v) is 7.68. The first kappa shape index (κ1) is 16.7. The number of carbonyl (C=O) groups is 1. The molecule has 0 bridgehead atoms. The monoisotopic (exact) mass is 346 g/mol. The number of hydrogen-bond acceptors (Lipinski definition) is 3. The molecule has 1 aromatic rings. The van der Waals surface area contributed by atoms with Crippen LogP contribution >= 0.6 is 11.3 Å². The van der Waals surface area contributed by atoms with E-state index >= 15 is 0 Å². The minimum Gasteiger partial charge on any atom is -0.344 e. The number of thiazole rings is 1. The van der Waals surface area contributed by atoms with E-state index in [4.69, 9.17) is 0 Å². The quantitative estimate of drug-likeness (QED) is 0.886. The van der Waals surface area contributed by atoms with Crippen molar-refractivity contribution in [3.05, 3.63) is 16.1 Å². The Morgan fingerprint density at radius 2 is 2.09 bits per heavy atom. The summed E-state index contributed by atoms with van der Waals surface area (Å²) in [7, 11) is 0. The summed E-state index contributed by atoms with van der Waals surface area (Å²) in [6.45, 7) is 1.91. The average Bonchev–Trinajstić information content (AvgIpc) is 2.88. The molecular formula is C16H21F3N2OS. The highest BCUT2D eigenvalue weighted by Gasteiger charge is 2.47. The Kier molecular flexibility index (Phi) is 4.42. The largest absolute Gasteiger partial charge is 0.391 e. The van der Waals surface area contributed by atoms with Gasteiger partial charge >= 0.3 is 6.18 Å². The first-order valence-corrected chi connectivity index (χ1v) is 8.99. The number of alkyl halides is 3. The lowest BCUT2D eigenvalue weighted by molar-refractivity contribution is -0.186. The zero-order valence-electron chi connectivity index (χ0n) is 13.1. The van der Waals surface area contributed by atoms with Gasteiger partial charge in [0.25, 0.3) is 0 Å². The molecule has 23 heavy (non-hydrogen) atoms. The van der Waals surface area contributed by atoms with Crippen molar-refractivity contribution >= 4 is 17.2 Å². The van der Waals surface area contributed by atoms with E-state index in [0.717, 1.165) is 30.0 Å². The molecule has 0 unspecified atom stereocenters. The summed E-state index contributed by atoms with van der Waals surface area (Å²) in [5.41, 5.74) is 0.474. The fourth-order valence-corrected chi connectivity index (χ4v) is 4.57. The van der Waals surface area contributed by atoms with Crippen LogP contribution in [0.5, 0.6) is 0 Å². The molecule has 0 saturated heterocycles. The van der Waals surface area contributed by atoms with Crippen molar-refractivity contribution in [1.29, 1.82) is 0 Å². The van der Waals surface area contributed by atoms with Crippen LogP contribution in [0.3, 0.4) is 0 Å². The number of nitrogens with one attached hydrogen (secondary N) is 1. The zero-order valence-corrected chi connectivity index (χ0v) is 13.9. The van der Waals surface area contributed by atoms with Crippen molar-refractivity contribution in [2.24, 2.45) is 11.8 Å². The highest BCUT2D eigenvalue weighted by Crippen LogP contribution is 2.44. The Balaban J connectivity index is 1.68. The molecule has 128 valence electrons. The minimum atomic E-state index is -4.19. The van der Waals surface area contributed by atoms with Gasteiger partial charge in [-0.3, -0.25) is 4.79 Å². The Labute approximate surface area is 137 Å². The van der Waals surface area contributed by atoms with Gasteiger partial charge in [-0.1, -0.05) is 6.42 Å². The molecule has 3 nitrogen and oxygen atoms in total. The molecule has 0 aromatic carbocycles. The lowest BCUT2D eigenvalue weighted by Crippen LogP contribution is -2.53. The second-order valence-electron chi connectivity index (χ2n) is 6.82. The molecule has 1 amide bonds. The maximum Gasteiger partial charge on any atom is 0.391 e. The van der Waals surface area contributed by atoms with Gasteiger partial charge in [0.15, 0.2) is 0 Å². The average molecular weight is 346 g/mol. The molecule has 3 rings (SSSR count). The molecule has 2 saturated carbocycles. The van der Waals surface area contributed by atoms with E-state index in [9.17, 15) is 18.0 Å². The standard InChI is InChI=1S/C16H21F3N2OS/c1-10-9-23-14(20-10)15(6-3-7-15)21-13(22)11-4-2-5-12(8-11)16(17,18)19/h9,11-12H,2-8H2,1H3,(H,21,22)/t11-,12-/m1/s1. The lowest BCUT2D eigenvalue weighted by atomic mass is 9.75. The second kappa shape index (κ2) is 6.07. The van der Waals surface area contributed by atoms with E-state index in [-0.39, 0.29) is 18.7 Å². The van der Waals surface area contributed by atoms with Crippen LogP contribution in [0.2, 0.25) is 0 Å². The van der Waals surface area contributed by atoms with Gasteiger partial charge < -0.3 is 5.32 Å². The van der Waals surface area contributed by atoms with Crippen molar-refractivity contribution in [1.82, 2.24) is 10.3 Å². The highest BCUT2D eigenvalue weighted by molar-refractivity contribution is 7.09. The number of rotatable bonds is 3. The topological polar surface area (TPSA) is 42.0 Å². The van der Waals surface area contributed by atoms with E-state index in [1.165, 1.54) is 11.3 Å². The molecular weight excluding hydrogens is 325 g/mol. The summed E-state index contributed by atoms with van der Waals surface area (Å²) in [5, 5.41) is 5.88. The molecule has 0 aliphatic heterocycles. The highest BCUT2D eigenvalue weighted by atomic mass is 32.1. The van der Waals surface area contributed by atoms with E-state index in [2.05, 4.69) is 10.3 Å². The predicted molar refractivity (Wildman–Crippen MR) is 82.0 cm³/mol. The zero-order chi connectivity index (χ0) is 16.7. The molecule has 1 N–H and O–H groups in total. The Bertz CT molecular complexity index is 580. The van der Waals surface area contributed by atoms with Crippen molar-refractivity contribution in [2.45, 2.75) is 63.6 Å². The smallest absolute Gasteiger partial charge is 0.344 e. The Morgan fingerprint density at radius 3 is 2.61 bits per heavy atom. The van der Waals surface area contributed by atoms with Crippen LogP contribution in [0.15, 0.2) is 5.38 Å². The van der Waals surface area contributed by atoms with E-state index in [0.29, 0.717) is 12.8 Å². The molecule has 1 heterocycles. The maximum absolute atomic E-state index is 12.9. The van der Waals surface area contributed by atoms with Gasteiger partial charge in [-0.2, -0.15) is 13.2 Å². The number of nitrogens with zero attached hydrogens (tertiary/aromatic N) is 1. The SMILES string of the molecule is Cc1csc(C2(NC(=O)[C@@H]3CCC[C@@H](C(F)(F)F)C3)CCC2)n1. The Hall–Kier alpha value is -1.11. The normalized spacial score (nSPS) is 27.3. The van der Waals surface area contributed by atoms with Crippen molar-refractivity contribution in [3.8, 4) is 0 Å². The summed E-state index contributed by atoms with van der Waals surface area (Å²) < 4.78 is 38.8. The third-order valence-corrected chi connectivity index (χ3v) is 6.27. The molecule has 2 atom stereocenters. The van der Waals surface area contributed by atoms with E-state index in [1.54, 1.807) is 0 Å². The van der Waals surface area contributed by atoms with Gasteiger partial charge in [-0.05, 0) is 45.4 Å². The molecule has 2 aliphatic carbocycles. The van der Waals surface area contributed by atoms with Crippen LogP contribution in [-0.4, -0.2) is 17.1 Å². The van der Waals surface area contributed by atoms with Gasteiger partial charge in [0, 0.05) is 17.0 Å². The fourth-order valence-electron chi connectivity index (χ4n) is 3.56. The number of halogens is 3. The van der Waals surface area contributed by atoms with Gasteiger partial charge in [0.2, 0.25) is 5.91 Å². The summed E-state index contributed by atoms with van der Waals surface area (Å²) >= 11 is 1.52. The van der Waals surface area contributed by atoms with Crippen LogP contribution in [0.4, 0.5) is 13.2 Å². The third kappa shape index (κ3) is 3.39. The number of amides is 1. The van der Waals surface area contributed by atoms with Crippen LogP contribution in [0, 0.1) is 18.8 Å². The van der Waals surface area contributed by atoms with Crippen LogP contribution < -0.4 is 5.32 Å². The van der Waals surface area contributed by atoms with Gasteiger partial charge in [-0.25, -0.2) is 4.98 Å². The predicted octanol–water partition coefficient (Wildman–Crippen LogP) is 4.32. The molecule has 2 fully saturated rings. The number of aryl methyl sites for hydroxylation is 1. The first-order chi connectivity index (χ1) is 10.8. The molecule has 7 heteroatoms. The summed E-state index contributed by atoms with van der Waals surface area (Å²) in [6.07, 6.45) is -0.472.